The van der Waals surface area contributed by atoms with Crippen LogP contribution in [0.4, 0.5) is 26.3 Å². The van der Waals surface area contributed by atoms with Gasteiger partial charge in [-0.1, -0.05) is 6.92 Å². The third kappa shape index (κ3) is 7.39. The van der Waals surface area contributed by atoms with Crippen molar-refractivity contribution < 1.29 is 31.1 Å². The maximum absolute atomic E-state index is 13.4. The van der Waals surface area contributed by atoms with E-state index in [0.717, 1.165) is 38.6 Å². The summed E-state index contributed by atoms with van der Waals surface area (Å²) in [6, 6.07) is -0.393. The summed E-state index contributed by atoms with van der Waals surface area (Å²) < 4.78 is 77.8. The van der Waals surface area contributed by atoms with Gasteiger partial charge in [-0.2, -0.15) is 26.3 Å². The van der Waals surface area contributed by atoms with E-state index in [9.17, 15) is 31.1 Å². The van der Waals surface area contributed by atoms with Gasteiger partial charge in [-0.3, -0.25) is 19.7 Å². The summed E-state index contributed by atoms with van der Waals surface area (Å²) in [4.78, 5) is 32.6. The molecule has 1 aliphatic carbocycles. The van der Waals surface area contributed by atoms with E-state index in [1.54, 1.807) is 6.92 Å². The number of hydrogen-bond donors (Lipinski definition) is 2. The Morgan fingerprint density at radius 2 is 1.83 bits per heavy atom. The smallest absolute Gasteiger partial charge is 0.351 e. The molecule has 15 heteroatoms. The van der Waals surface area contributed by atoms with Crippen LogP contribution in [0, 0.1) is 17.8 Å². The Balaban J connectivity index is 1.07. The summed E-state index contributed by atoms with van der Waals surface area (Å²) in [5, 5.41) is 6.81. The summed E-state index contributed by atoms with van der Waals surface area (Å²) in [6.07, 6.45) is -3.88. The normalized spacial score (nSPS) is 34.5. The van der Waals surface area contributed by atoms with Crippen molar-refractivity contribution in [3.8, 4) is 0 Å². The van der Waals surface area contributed by atoms with E-state index in [0.29, 0.717) is 31.4 Å². The molecule has 0 radical (unpaired) electrons. The molecule has 2 N–H and O–H groups in total. The molecule has 0 aromatic heterocycles. The lowest BCUT2D eigenvalue weighted by molar-refractivity contribution is -0.162. The number of carbonyl (C=O) groups is 1. The molecule has 1 saturated carbocycles. The van der Waals surface area contributed by atoms with Gasteiger partial charge in [0.2, 0.25) is 5.91 Å². The van der Waals surface area contributed by atoms with Crippen LogP contribution < -0.4 is 10.6 Å². The van der Waals surface area contributed by atoms with E-state index >= 15 is 0 Å². The van der Waals surface area contributed by atoms with Crippen molar-refractivity contribution in [1.29, 1.82) is 0 Å². The van der Waals surface area contributed by atoms with Gasteiger partial charge in [0.25, 0.3) is 0 Å². The monoisotopic (exact) mass is 590 g/mol. The molecule has 1 saturated heterocycles. The van der Waals surface area contributed by atoms with Crippen LogP contribution in [-0.2, 0) is 4.79 Å². The van der Waals surface area contributed by atoms with Crippen molar-refractivity contribution in [1.82, 2.24) is 20.4 Å². The molecular weight excluding hydrogens is 554 g/mol. The first-order chi connectivity index (χ1) is 19.4. The quantitative estimate of drug-likeness (QED) is 0.482. The minimum Gasteiger partial charge on any atom is -0.351 e. The second kappa shape index (κ2) is 11.9. The molecule has 228 valence electrons. The maximum atomic E-state index is 13.4. The van der Waals surface area contributed by atoms with E-state index < -0.39 is 42.4 Å². The number of alkyl halides is 6. The number of guanidine groups is 1. The van der Waals surface area contributed by atoms with E-state index in [2.05, 4.69) is 30.5 Å². The first-order valence-corrected chi connectivity index (χ1v) is 14.2. The molecule has 41 heavy (non-hydrogen) atoms. The Morgan fingerprint density at radius 3 is 2.54 bits per heavy atom. The number of rotatable bonds is 5. The lowest BCUT2D eigenvalue weighted by Gasteiger charge is -2.38. The zero-order valence-corrected chi connectivity index (χ0v) is 22.8. The molecule has 5 rings (SSSR count). The lowest BCUT2D eigenvalue weighted by atomic mass is 9.74. The predicted octanol–water partition coefficient (Wildman–Crippen LogP) is 3.03. The molecule has 0 aromatic carbocycles. The number of fused-ring (bicyclic) bond motifs is 1. The SMILES string of the molecule is CC1C(C(F)(F)F)=NC=NC1C1CCC2N=C(NC3CC(CN4CCN(C(=O)CC(F)(F)F)CC4)CC=N3)NC2C1. The molecule has 0 aromatic rings. The Bertz CT molecular complexity index is 1080. The number of piperazine rings is 1. The second-order valence-corrected chi connectivity index (χ2v) is 11.7. The Hall–Kier alpha value is -2.71. The first kappa shape index (κ1) is 29.8. The van der Waals surface area contributed by atoms with Gasteiger partial charge >= 0.3 is 12.4 Å². The average Bonchev–Trinajstić information content (AvgIpc) is 3.29. The number of nitrogens with zero attached hydrogens (tertiary/aromatic N) is 6. The fourth-order valence-electron chi connectivity index (χ4n) is 6.75. The van der Waals surface area contributed by atoms with Crippen molar-refractivity contribution in [3.63, 3.8) is 0 Å². The molecule has 1 amide bonds. The number of nitrogens with one attached hydrogen (secondary N) is 2. The highest BCUT2D eigenvalue weighted by Gasteiger charge is 2.47. The molecular formula is C26H36F6N8O. The van der Waals surface area contributed by atoms with Gasteiger partial charge in [-0.05, 0) is 43.9 Å². The second-order valence-electron chi connectivity index (χ2n) is 11.7. The fourth-order valence-corrected chi connectivity index (χ4v) is 6.75. The summed E-state index contributed by atoms with van der Waals surface area (Å²) in [6.45, 7) is 3.97. The van der Waals surface area contributed by atoms with E-state index in [4.69, 9.17) is 4.99 Å². The van der Waals surface area contributed by atoms with Gasteiger partial charge in [0.15, 0.2) is 5.96 Å². The minimum atomic E-state index is -4.49. The van der Waals surface area contributed by atoms with Gasteiger partial charge in [-0.15, -0.1) is 0 Å². The highest BCUT2D eigenvalue weighted by Crippen LogP contribution is 2.38. The lowest BCUT2D eigenvalue weighted by Crippen LogP contribution is -2.51. The van der Waals surface area contributed by atoms with Gasteiger partial charge in [0.05, 0.1) is 18.1 Å². The highest BCUT2D eigenvalue weighted by atomic mass is 19.4. The molecule has 0 spiro atoms. The van der Waals surface area contributed by atoms with Gasteiger partial charge in [0.1, 0.15) is 24.6 Å². The van der Waals surface area contributed by atoms with Crippen LogP contribution >= 0.6 is 0 Å². The molecule has 2 fully saturated rings. The molecule has 9 nitrogen and oxygen atoms in total. The van der Waals surface area contributed by atoms with Gasteiger partial charge < -0.3 is 15.5 Å². The number of hydrogen-bond acceptors (Lipinski definition) is 8. The van der Waals surface area contributed by atoms with Crippen LogP contribution in [0.5, 0.6) is 0 Å². The zero-order chi connectivity index (χ0) is 29.4. The third-order valence-electron chi connectivity index (χ3n) is 8.80. The summed E-state index contributed by atoms with van der Waals surface area (Å²) >= 11 is 0. The van der Waals surface area contributed by atoms with Gasteiger partial charge in [0, 0.05) is 44.9 Å². The highest BCUT2D eigenvalue weighted by molar-refractivity contribution is 5.98. The van der Waals surface area contributed by atoms with Crippen molar-refractivity contribution in [2.75, 3.05) is 32.7 Å². The van der Waals surface area contributed by atoms with Gasteiger partial charge in [-0.25, -0.2) is 9.98 Å². The molecule has 4 heterocycles. The Kier molecular flexibility index (Phi) is 8.63. The minimum absolute atomic E-state index is 0.00120. The molecule has 4 aliphatic heterocycles. The van der Waals surface area contributed by atoms with Crippen LogP contribution in [0.25, 0.3) is 0 Å². The van der Waals surface area contributed by atoms with Crippen LogP contribution in [0.3, 0.4) is 0 Å². The molecule has 7 atom stereocenters. The Morgan fingerprint density at radius 1 is 1.07 bits per heavy atom. The average molecular weight is 591 g/mol. The third-order valence-corrected chi connectivity index (χ3v) is 8.80. The Labute approximate surface area is 234 Å². The van der Waals surface area contributed by atoms with Crippen molar-refractivity contribution in [2.45, 2.75) is 82.1 Å². The van der Waals surface area contributed by atoms with Crippen LogP contribution in [0.1, 0.15) is 45.4 Å². The summed E-state index contributed by atoms with van der Waals surface area (Å²) in [5.74, 6) is -0.718. The van der Waals surface area contributed by atoms with Crippen LogP contribution in [0.15, 0.2) is 20.0 Å². The predicted molar refractivity (Wildman–Crippen MR) is 142 cm³/mol. The van der Waals surface area contributed by atoms with Crippen molar-refractivity contribution in [2.24, 2.45) is 37.7 Å². The van der Waals surface area contributed by atoms with E-state index in [-0.39, 0.29) is 37.3 Å². The largest absolute Gasteiger partial charge is 0.429 e. The maximum Gasteiger partial charge on any atom is 0.429 e. The standard InChI is InChI=1S/C26H36F6N8O/c1-15-22(34-14-35-23(15)26(30,31)32)17-2-3-18-19(11-17)37-24(36-18)38-20-10-16(4-5-33-20)13-39-6-8-40(9-7-39)21(41)12-25(27,28)29/h5,14-20,22H,2-4,6-13H2,1H3,(H2,36,37,38). The number of aliphatic imine (C=N–C) groups is 4. The van der Waals surface area contributed by atoms with E-state index in [1.807, 2.05) is 6.21 Å². The molecule has 0 bridgehead atoms. The number of carbonyl (C=O) groups excluding carboxylic acids is 1. The number of halogens is 6. The molecule has 7 unspecified atom stereocenters. The van der Waals surface area contributed by atoms with E-state index in [1.165, 1.54) is 4.90 Å². The number of amides is 1. The summed E-state index contributed by atoms with van der Waals surface area (Å²) in [5.41, 5.74) is -0.765. The van der Waals surface area contributed by atoms with Crippen molar-refractivity contribution >= 4 is 30.1 Å². The topological polar surface area (TPSA) is 97.0 Å². The van der Waals surface area contributed by atoms with Crippen LogP contribution in [0.2, 0.25) is 0 Å². The molecule has 5 aliphatic rings. The zero-order valence-electron chi connectivity index (χ0n) is 22.8. The fraction of sp³-hybridized carbons (Fsp3) is 0.808. The van der Waals surface area contributed by atoms with Crippen LogP contribution in [-0.4, -0.2) is 109 Å². The summed E-state index contributed by atoms with van der Waals surface area (Å²) in [7, 11) is 0. The van der Waals surface area contributed by atoms with Crippen molar-refractivity contribution in [3.05, 3.63) is 0 Å². The first-order valence-electron chi connectivity index (χ1n) is 14.2.